The van der Waals surface area contributed by atoms with E-state index in [9.17, 15) is 5.11 Å². The van der Waals surface area contributed by atoms with Crippen molar-refractivity contribution in [2.75, 3.05) is 11.4 Å². The van der Waals surface area contributed by atoms with Gasteiger partial charge in [-0.15, -0.1) is 0 Å². The van der Waals surface area contributed by atoms with E-state index in [-0.39, 0.29) is 0 Å². The summed E-state index contributed by atoms with van der Waals surface area (Å²) in [4.78, 5) is 6.58. The zero-order chi connectivity index (χ0) is 19.1. The highest BCUT2D eigenvalue weighted by atomic mass is 35.5. The first kappa shape index (κ1) is 20.1. The number of hydrogen-bond donors (Lipinski definition) is 1. The van der Waals surface area contributed by atoms with Crippen LogP contribution in [-0.4, -0.2) is 16.6 Å². The van der Waals surface area contributed by atoms with Crippen molar-refractivity contribution in [2.24, 2.45) is 0 Å². The number of nitrogens with zero attached hydrogens (tertiary/aromatic N) is 3. The standard InChI is InChI=1S/C22H31ClN3O/c1-2-3-4-5-6-7-8-9-17-26-21-24-15-10-16-25(21)18-22(26,27)19-11-13-20(23)14-12-19/h10-16,27H,2-9,17-18H2,1H3/q+1/t22-/m1/s1. The molecule has 1 aromatic heterocycles. The molecule has 0 spiro atoms. The lowest BCUT2D eigenvalue weighted by Gasteiger charge is -2.28. The van der Waals surface area contributed by atoms with E-state index in [1.165, 1.54) is 44.9 Å². The van der Waals surface area contributed by atoms with E-state index in [1.54, 1.807) is 6.20 Å². The molecule has 0 unspecified atom stereocenters. The highest BCUT2D eigenvalue weighted by molar-refractivity contribution is 6.30. The topological polar surface area (TPSA) is 40.2 Å². The third-order valence-corrected chi connectivity index (χ3v) is 5.67. The predicted molar refractivity (Wildman–Crippen MR) is 110 cm³/mol. The van der Waals surface area contributed by atoms with E-state index in [1.807, 2.05) is 46.0 Å². The van der Waals surface area contributed by atoms with Crippen LogP contribution in [0.2, 0.25) is 5.02 Å². The highest BCUT2D eigenvalue weighted by Crippen LogP contribution is 2.34. The Morgan fingerprint density at radius 3 is 2.44 bits per heavy atom. The first-order valence-electron chi connectivity index (χ1n) is 10.3. The summed E-state index contributed by atoms with van der Waals surface area (Å²) in [7, 11) is 0. The minimum Gasteiger partial charge on any atom is -0.353 e. The summed E-state index contributed by atoms with van der Waals surface area (Å²) in [6.45, 7) is 3.53. The van der Waals surface area contributed by atoms with Crippen molar-refractivity contribution in [3.8, 4) is 0 Å². The smallest absolute Gasteiger partial charge is 0.353 e. The quantitative estimate of drug-likeness (QED) is 0.468. The first-order valence-corrected chi connectivity index (χ1v) is 10.6. The van der Waals surface area contributed by atoms with E-state index in [4.69, 9.17) is 11.6 Å². The maximum atomic E-state index is 11.6. The Labute approximate surface area is 167 Å². The molecule has 1 atom stereocenters. The van der Waals surface area contributed by atoms with Gasteiger partial charge in [0.2, 0.25) is 5.72 Å². The van der Waals surface area contributed by atoms with Gasteiger partial charge < -0.3 is 5.11 Å². The molecule has 0 fully saturated rings. The van der Waals surface area contributed by atoms with Gasteiger partial charge in [-0.3, -0.25) is 0 Å². The lowest BCUT2D eigenvalue weighted by Crippen LogP contribution is -2.46. The number of anilines is 1. The Kier molecular flexibility index (Phi) is 7.08. The largest absolute Gasteiger partial charge is 0.396 e. The zero-order valence-electron chi connectivity index (χ0n) is 16.3. The summed E-state index contributed by atoms with van der Waals surface area (Å²) in [5.41, 5.74) is -0.218. The normalized spacial score (nSPS) is 18.7. The van der Waals surface area contributed by atoms with Gasteiger partial charge in [-0.05, 0) is 18.6 Å². The van der Waals surface area contributed by atoms with Gasteiger partial charge in [0.05, 0.1) is 12.7 Å². The van der Waals surface area contributed by atoms with Crippen molar-refractivity contribution < 1.29 is 9.67 Å². The van der Waals surface area contributed by atoms with E-state index in [0.717, 1.165) is 24.5 Å². The van der Waals surface area contributed by atoms with E-state index >= 15 is 0 Å². The van der Waals surface area contributed by atoms with Gasteiger partial charge in [-0.25, -0.2) is 9.47 Å². The van der Waals surface area contributed by atoms with Crippen LogP contribution in [0.4, 0.5) is 5.95 Å². The van der Waals surface area contributed by atoms with Gasteiger partial charge in [0.1, 0.15) is 12.7 Å². The minimum atomic E-state index is -1.08. The molecule has 1 aliphatic rings. The number of benzene rings is 1. The molecule has 1 aromatic carbocycles. The third-order valence-electron chi connectivity index (χ3n) is 5.42. The molecule has 0 saturated carbocycles. The van der Waals surface area contributed by atoms with Crippen LogP contribution in [-0.2, 0) is 12.3 Å². The van der Waals surface area contributed by atoms with Crippen LogP contribution in [0, 0.1) is 0 Å². The second-order valence-corrected chi connectivity index (χ2v) is 7.93. The second kappa shape index (κ2) is 9.52. The molecular weight excluding hydrogens is 358 g/mol. The monoisotopic (exact) mass is 388 g/mol. The van der Waals surface area contributed by atoms with Crippen LogP contribution >= 0.6 is 11.6 Å². The SMILES string of the molecule is CCCCCCCCCCN1c2nccc[n+]2C[C@@]1(O)c1ccc(Cl)cc1. The maximum Gasteiger partial charge on any atom is 0.396 e. The molecule has 0 saturated heterocycles. The second-order valence-electron chi connectivity index (χ2n) is 7.50. The minimum absolute atomic E-state index is 0.481. The fraction of sp³-hybridized carbons (Fsp3) is 0.545. The molecule has 5 heteroatoms. The Morgan fingerprint density at radius 1 is 1.07 bits per heavy atom. The highest BCUT2D eigenvalue weighted by Gasteiger charge is 2.51. The molecular formula is C22H31ClN3O+. The van der Waals surface area contributed by atoms with Crippen molar-refractivity contribution in [3.63, 3.8) is 0 Å². The summed E-state index contributed by atoms with van der Waals surface area (Å²) in [6, 6.07) is 9.41. The summed E-state index contributed by atoms with van der Waals surface area (Å²) < 4.78 is 2.03. The molecule has 146 valence electrons. The molecule has 2 aromatic rings. The average molecular weight is 389 g/mol. The summed E-state index contributed by atoms with van der Waals surface area (Å²) in [5.74, 6) is 0.831. The molecule has 0 aliphatic carbocycles. The number of aliphatic hydroxyl groups is 1. The van der Waals surface area contributed by atoms with Crippen LogP contribution in [0.5, 0.6) is 0 Å². The van der Waals surface area contributed by atoms with Gasteiger partial charge in [0.25, 0.3) is 0 Å². The van der Waals surface area contributed by atoms with Crippen LogP contribution in [0.1, 0.15) is 63.9 Å². The van der Waals surface area contributed by atoms with Gasteiger partial charge in [0.15, 0.2) is 0 Å². The molecule has 0 radical (unpaired) electrons. The number of aromatic nitrogens is 2. The van der Waals surface area contributed by atoms with Crippen molar-refractivity contribution in [1.29, 1.82) is 0 Å². The van der Waals surface area contributed by atoms with Crippen LogP contribution in [0.25, 0.3) is 0 Å². The Hall–Kier alpha value is -1.65. The fourth-order valence-corrected chi connectivity index (χ4v) is 4.01. The maximum absolute atomic E-state index is 11.6. The summed E-state index contributed by atoms with van der Waals surface area (Å²) in [5, 5.41) is 12.2. The van der Waals surface area contributed by atoms with Crippen molar-refractivity contribution in [1.82, 2.24) is 4.98 Å². The number of fused-ring (bicyclic) bond motifs is 1. The van der Waals surface area contributed by atoms with Gasteiger partial charge in [-0.1, -0.05) is 80.6 Å². The molecule has 1 aliphatic heterocycles. The third kappa shape index (κ3) is 4.80. The Balaban J connectivity index is 1.63. The summed E-state index contributed by atoms with van der Waals surface area (Å²) >= 11 is 6.04. The molecule has 0 amide bonds. The van der Waals surface area contributed by atoms with Gasteiger partial charge in [0, 0.05) is 16.7 Å². The van der Waals surface area contributed by atoms with Gasteiger partial charge in [-0.2, -0.15) is 0 Å². The molecule has 4 nitrogen and oxygen atoms in total. The molecule has 3 rings (SSSR count). The zero-order valence-corrected chi connectivity index (χ0v) is 17.0. The predicted octanol–water partition coefficient (Wildman–Crippen LogP) is 4.83. The lowest BCUT2D eigenvalue weighted by molar-refractivity contribution is -0.685. The van der Waals surface area contributed by atoms with Crippen LogP contribution in [0.15, 0.2) is 42.7 Å². The van der Waals surface area contributed by atoms with E-state index < -0.39 is 5.72 Å². The van der Waals surface area contributed by atoms with Crippen molar-refractivity contribution in [3.05, 3.63) is 53.3 Å². The molecule has 0 bridgehead atoms. The Bertz CT molecular complexity index is 722. The van der Waals surface area contributed by atoms with Gasteiger partial charge >= 0.3 is 5.95 Å². The molecule has 2 heterocycles. The molecule has 27 heavy (non-hydrogen) atoms. The Morgan fingerprint density at radius 2 is 1.74 bits per heavy atom. The summed E-state index contributed by atoms with van der Waals surface area (Å²) in [6.07, 6.45) is 13.9. The lowest BCUT2D eigenvalue weighted by atomic mass is 10.0. The number of hydrogen-bond acceptors (Lipinski definition) is 3. The van der Waals surface area contributed by atoms with E-state index in [2.05, 4.69) is 11.9 Å². The average Bonchev–Trinajstić information content (AvgIpc) is 2.97. The fourth-order valence-electron chi connectivity index (χ4n) is 3.88. The van der Waals surface area contributed by atoms with Crippen molar-refractivity contribution in [2.45, 2.75) is 70.6 Å². The van der Waals surface area contributed by atoms with Crippen LogP contribution in [0.3, 0.4) is 0 Å². The van der Waals surface area contributed by atoms with Crippen molar-refractivity contribution >= 4 is 17.5 Å². The van der Waals surface area contributed by atoms with E-state index in [0.29, 0.717) is 11.6 Å². The number of unbranched alkanes of at least 4 members (excludes halogenated alkanes) is 7. The number of rotatable bonds is 10. The number of halogens is 1. The van der Waals surface area contributed by atoms with Crippen LogP contribution < -0.4 is 9.47 Å². The first-order chi connectivity index (χ1) is 13.1. The molecule has 1 N–H and O–H groups in total.